The van der Waals surface area contributed by atoms with Crippen LogP contribution in [0.3, 0.4) is 0 Å². The number of amides is 1. The van der Waals surface area contributed by atoms with Crippen LogP contribution in [0.1, 0.15) is 18.4 Å². The molecular formula is C14H16N2OS. The minimum atomic E-state index is 0.130. The van der Waals surface area contributed by atoms with Crippen LogP contribution in [-0.4, -0.2) is 11.9 Å². The summed E-state index contributed by atoms with van der Waals surface area (Å²) in [5.41, 5.74) is 6.89. The SMILES string of the molecule is NC1CC(C(=O)NCc2csc3ccccc23)C1. The van der Waals surface area contributed by atoms with Crippen LogP contribution in [0.4, 0.5) is 0 Å². The van der Waals surface area contributed by atoms with E-state index in [1.807, 2.05) is 12.1 Å². The standard InChI is InChI=1S/C14H16N2OS/c15-11-5-9(6-11)14(17)16-7-10-8-18-13-4-2-1-3-12(10)13/h1-4,8-9,11H,5-7,15H2,(H,16,17). The van der Waals surface area contributed by atoms with Crippen LogP contribution in [0.5, 0.6) is 0 Å². The van der Waals surface area contributed by atoms with Crippen molar-refractivity contribution in [1.29, 1.82) is 0 Å². The molecule has 0 atom stereocenters. The fraction of sp³-hybridized carbons (Fsp3) is 0.357. The predicted octanol–water partition coefficient (Wildman–Crippen LogP) is 2.25. The number of carbonyl (C=O) groups excluding carboxylic acids is 1. The molecule has 1 aromatic heterocycles. The lowest BCUT2D eigenvalue weighted by molar-refractivity contribution is -0.128. The van der Waals surface area contributed by atoms with Gasteiger partial charge in [-0.05, 0) is 35.2 Å². The molecule has 94 valence electrons. The first kappa shape index (κ1) is 11.7. The topological polar surface area (TPSA) is 55.1 Å². The number of nitrogens with two attached hydrogens (primary N) is 1. The van der Waals surface area contributed by atoms with Gasteiger partial charge in [-0.3, -0.25) is 4.79 Å². The van der Waals surface area contributed by atoms with Crippen LogP contribution in [0.2, 0.25) is 0 Å². The number of fused-ring (bicyclic) bond motifs is 1. The highest BCUT2D eigenvalue weighted by Gasteiger charge is 2.31. The van der Waals surface area contributed by atoms with Crippen LogP contribution >= 0.6 is 11.3 Å². The van der Waals surface area contributed by atoms with Crippen molar-refractivity contribution in [3.63, 3.8) is 0 Å². The van der Waals surface area contributed by atoms with Gasteiger partial charge in [-0.2, -0.15) is 0 Å². The van der Waals surface area contributed by atoms with Gasteiger partial charge in [-0.25, -0.2) is 0 Å². The monoisotopic (exact) mass is 260 g/mol. The highest BCUT2D eigenvalue weighted by atomic mass is 32.1. The highest BCUT2D eigenvalue weighted by molar-refractivity contribution is 7.17. The van der Waals surface area contributed by atoms with Crippen molar-refractivity contribution in [2.24, 2.45) is 11.7 Å². The number of nitrogens with one attached hydrogen (secondary N) is 1. The number of hydrogen-bond donors (Lipinski definition) is 2. The number of hydrogen-bond acceptors (Lipinski definition) is 3. The molecule has 0 spiro atoms. The minimum Gasteiger partial charge on any atom is -0.352 e. The Balaban J connectivity index is 1.64. The van der Waals surface area contributed by atoms with Crippen molar-refractivity contribution in [2.75, 3.05) is 0 Å². The molecule has 4 heteroatoms. The van der Waals surface area contributed by atoms with E-state index < -0.39 is 0 Å². The Morgan fingerprint density at radius 2 is 2.17 bits per heavy atom. The van der Waals surface area contributed by atoms with Crippen LogP contribution in [-0.2, 0) is 11.3 Å². The van der Waals surface area contributed by atoms with Crippen molar-refractivity contribution in [3.8, 4) is 0 Å². The molecule has 2 aromatic rings. The third kappa shape index (κ3) is 2.13. The van der Waals surface area contributed by atoms with Gasteiger partial charge in [0.1, 0.15) is 0 Å². The van der Waals surface area contributed by atoms with Gasteiger partial charge in [0.15, 0.2) is 0 Å². The van der Waals surface area contributed by atoms with Gasteiger partial charge in [0, 0.05) is 23.2 Å². The Hall–Kier alpha value is -1.39. The molecule has 18 heavy (non-hydrogen) atoms. The third-order valence-electron chi connectivity index (χ3n) is 3.56. The fourth-order valence-electron chi connectivity index (χ4n) is 2.37. The summed E-state index contributed by atoms with van der Waals surface area (Å²) < 4.78 is 1.27. The summed E-state index contributed by atoms with van der Waals surface area (Å²) in [6, 6.07) is 8.51. The first-order valence-electron chi connectivity index (χ1n) is 6.22. The van der Waals surface area contributed by atoms with Gasteiger partial charge in [0.05, 0.1) is 0 Å². The summed E-state index contributed by atoms with van der Waals surface area (Å²) in [6.45, 7) is 0.620. The first-order chi connectivity index (χ1) is 8.74. The maximum Gasteiger partial charge on any atom is 0.223 e. The molecule has 1 aromatic carbocycles. The van der Waals surface area contributed by atoms with Crippen LogP contribution < -0.4 is 11.1 Å². The van der Waals surface area contributed by atoms with Crippen molar-refractivity contribution in [3.05, 3.63) is 35.2 Å². The van der Waals surface area contributed by atoms with Crippen LogP contribution in [0.25, 0.3) is 10.1 Å². The molecule has 1 aliphatic carbocycles. The third-order valence-corrected chi connectivity index (χ3v) is 4.57. The molecule has 1 aliphatic rings. The second kappa shape index (κ2) is 4.71. The Kier molecular flexibility index (Phi) is 3.06. The predicted molar refractivity (Wildman–Crippen MR) is 74.4 cm³/mol. The molecule has 0 saturated heterocycles. The van der Waals surface area contributed by atoms with E-state index in [1.54, 1.807) is 11.3 Å². The largest absolute Gasteiger partial charge is 0.352 e. The van der Waals surface area contributed by atoms with Crippen LogP contribution in [0.15, 0.2) is 29.6 Å². The van der Waals surface area contributed by atoms with Gasteiger partial charge in [0.25, 0.3) is 0 Å². The summed E-state index contributed by atoms with van der Waals surface area (Å²) in [5, 5.41) is 6.38. The molecule has 0 bridgehead atoms. The van der Waals surface area contributed by atoms with Crippen LogP contribution in [0, 0.1) is 5.92 Å². The second-order valence-electron chi connectivity index (χ2n) is 4.90. The molecule has 1 heterocycles. The number of benzene rings is 1. The molecule has 0 radical (unpaired) electrons. The number of thiophene rings is 1. The zero-order valence-corrected chi connectivity index (χ0v) is 10.9. The van der Waals surface area contributed by atoms with Crippen molar-refractivity contribution >= 4 is 27.3 Å². The second-order valence-corrected chi connectivity index (χ2v) is 5.81. The molecule has 1 saturated carbocycles. The van der Waals surface area contributed by atoms with E-state index in [1.165, 1.54) is 15.6 Å². The first-order valence-corrected chi connectivity index (χ1v) is 7.10. The molecular weight excluding hydrogens is 244 g/mol. The molecule has 0 aliphatic heterocycles. The van der Waals surface area contributed by atoms with Gasteiger partial charge < -0.3 is 11.1 Å². The summed E-state index contributed by atoms with van der Waals surface area (Å²) in [6.07, 6.45) is 1.66. The van der Waals surface area contributed by atoms with E-state index in [9.17, 15) is 4.79 Å². The average molecular weight is 260 g/mol. The van der Waals surface area contributed by atoms with E-state index in [-0.39, 0.29) is 17.9 Å². The van der Waals surface area contributed by atoms with Gasteiger partial charge in [0.2, 0.25) is 5.91 Å². The quantitative estimate of drug-likeness (QED) is 0.889. The van der Waals surface area contributed by atoms with Gasteiger partial charge in [-0.15, -0.1) is 11.3 Å². The van der Waals surface area contributed by atoms with Crippen molar-refractivity contribution in [2.45, 2.75) is 25.4 Å². The number of carbonyl (C=O) groups is 1. The van der Waals surface area contributed by atoms with E-state index in [2.05, 4.69) is 22.8 Å². The van der Waals surface area contributed by atoms with Gasteiger partial charge in [-0.1, -0.05) is 18.2 Å². The lowest BCUT2D eigenvalue weighted by Gasteiger charge is -2.31. The lowest BCUT2D eigenvalue weighted by Crippen LogP contribution is -2.44. The smallest absolute Gasteiger partial charge is 0.223 e. The molecule has 3 N–H and O–H groups in total. The Morgan fingerprint density at radius 1 is 1.39 bits per heavy atom. The summed E-state index contributed by atoms with van der Waals surface area (Å²) in [4.78, 5) is 11.8. The molecule has 3 rings (SSSR count). The molecule has 1 fully saturated rings. The summed E-state index contributed by atoms with van der Waals surface area (Å²) >= 11 is 1.72. The molecule has 1 amide bonds. The van der Waals surface area contributed by atoms with Gasteiger partial charge >= 0.3 is 0 Å². The normalized spacial score (nSPS) is 22.7. The minimum absolute atomic E-state index is 0.130. The lowest BCUT2D eigenvalue weighted by atomic mass is 9.80. The maximum absolute atomic E-state index is 11.8. The Bertz CT molecular complexity index is 572. The maximum atomic E-state index is 11.8. The Labute approximate surface area is 110 Å². The molecule has 3 nitrogen and oxygen atoms in total. The van der Waals surface area contributed by atoms with Crippen molar-refractivity contribution in [1.82, 2.24) is 5.32 Å². The van der Waals surface area contributed by atoms with E-state index in [4.69, 9.17) is 5.73 Å². The van der Waals surface area contributed by atoms with E-state index in [0.29, 0.717) is 6.54 Å². The summed E-state index contributed by atoms with van der Waals surface area (Å²) in [5.74, 6) is 0.275. The average Bonchev–Trinajstić information content (AvgIpc) is 2.75. The van der Waals surface area contributed by atoms with Crippen molar-refractivity contribution < 1.29 is 4.79 Å². The number of rotatable bonds is 3. The fourth-order valence-corrected chi connectivity index (χ4v) is 3.34. The molecule has 0 unspecified atom stereocenters. The summed E-state index contributed by atoms with van der Waals surface area (Å²) in [7, 11) is 0. The zero-order valence-electron chi connectivity index (χ0n) is 10.1. The zero-order chi connectivity index (χ0) is 12.5. The Morgan fingerprint density at radius 3 is 2.94 bits per heavy atom. The highest BCUT2D eigenvalue weighted by Crippen LogP contribution is 2.27. The van der Waals surface area contributed by atoms with E-state index in [0.717, 1.165) is 12.8 Å². The van der Waals surface area contributed by atoms with E-state index >= 15 is 0 Å².